The van der Waals surface area contributed by atoms with E-state index in [1.807, 2.05) is 13.8 Å². The average molecular weight is 428 g/mol. The first-order chi connectivity index (χ1) is 15.3. The molecule has 0 fully saturated rings. The predicted molar refractivity (Wildman–Crippen MR) is 118 cm³/mol. The van der Waals surface area contributed by atoms with Gasteiger partial charge in [0.05, 0.1) is 17.0 Å². The second-order valence-electron chi connectivity index (χ2n) is 9.33. The summed E-state index contributed by atoms with van der Waals surface area (Å²) in [6.45, 7) is 3.89. The Balaban J connectivity index is 1.73. The second kappa shape index (κ2) is 5.85. The van der Waals surface area contributed by atoms with Gasteiger partial charge < -0.3 is 5.32 Å². The topological polar surface area (TPSA) is 95.1 Å². The van der Waals surface area contributed by atoms with E-state index in [1.165, 1.54) is 4.68 Å². The van der Waals surface area contributed by atoms with Crippen molar-refractivity contribution in [1.29, 1.82) is 0 Å². The number of aromatic nitrogens is 3. The molecule has 160 valence electrons. The fourth-order valence-corrected chi connectivity index (χ4v) is 5.32. The van der Waals surface area contributed by atoms with E-state index in [0.29, 0.717) is 29.1 Å². The molecular formula is C24H20N4O4. The minimum Gasteiger partial charge on any atom is -0.350 e. The molecular weight excluding hydrogens is 408 g/mol. The minimum atomic E-state index is -1.76. The Morgan fingerprint density at radius 1 is 0.844 bits per heavy atom. The number of fused-ring (bicyclic) bond motifs is 5. The third kappa shape index (κ3) is 2.11. The van der Waals surface area contributed by atoms with Gasteiger partial charge in [-0.3, -0.25) is 9.59 Å². The Bertz CT molecular complexity index is 1500. The highest BCUT2D eigenvalue weighted by molar-refractivity contribution is 6.21. The molecule has 1 aromatic heterocycles. The second-order valence-corrected chi connectivity index (χ2v) is 9.33. The highest BCUT2D eigenvalue weighted by Gasteiger charge is 2.61. The lowest BCUT2D eigenvalue weighted by Crippen LogP contribution is -2.52. The third-order valence-electron chi connectivity index (χ3n) is 6.56. The van der Waals surface area contributed by atoms with Gasteiger partial charge >= 0.3 is 11.4 Å². The molecule has 1 atom stereocenters. The molecule has 3 aromatic rings. The summed E-state index contributed by atoms with van der Waals surface area (Å²) in [7, 11) is 0. The molecule has 0 radical (unpaired) electrons. The van der Waals surface area contributed by atoms with E-state index in [9.17, 15) is 19.2 Å². The highest BCUT2D eigenvalue weighted by Crippen LogP contribution is 2.51. The van der Waals surface area contributed by atoms with Crippen LogP contribution in [-0.2, 0) is 10.5 Å². The van der Waals surface area contributed by atoms with Crippen molar-refractivity contribution in [2.45, 2.75) is 32.4 Å². The van der Waals surface area contributed by atoms with Crippen LogP contribution in [0.4, 0.5) is 5.69 Å². The smallest absolute Gasteiger partial charge is 0.350 e. The lowest BCUT2D eigenvalue weighted by atomic mass is 9.73. The Kier molecular flexibility index (Phi) is 3.44. The van der Waals surface area contributed by atoms with E-state index < -0.39 is 28.2 Å². The van der Waals surface area contributed by atoms with Gasteiger partial charge in [-0.15, -0.1) is 0 Å². The van der Waals surface area contributed by atoms with Crippen LogP contribution in [0.3, 0.4) is 0 Å². The molecule has 1 N–H and O–H groups in total. The van der Waals surface area contributed by atoms with Gasteiger partial charge in [-0.1, -0.05) is 44.2 Å². The Morgan fingerprint density at radius 2 is 1.53 bits per heavy atom. The first kappa shape index (κ1) is 18.8. The van der Waals surface area contributed by atoms with Crippen LogP contribution >= 0.6 is 0 Å². The van der Waals surface area contributed by atoms with Crippen LogP contribution in [0.25, 0.3) is 11.4 Å². The van der Waals surface area contributed by atoms with Crippen LogP contribution in [0.5, 0.6) is 0 Å². The molecule has 2 aliphatic heterocycles. The highest BCUT2D eigenvalue weighted by atomic mass is 16.2. The van der Waals surface area contributed by atoms with Gasteiger partial charge in [-0.25, -0.2) is 14.2 Å². The maximum absolute atomic E-state index is 13.8. The lowest BCUT2D eigenvalue weighted by Gasteiger charge is -2.32. The molecule has 3 heterocycles. The van der Waals surface area contributed by atoms with Crippen molar-refractivity contribution in [3.63, 3.8) is 0 Å². The number of Topliss-reactive ketones (excluding diaryl/α,β-unsaturated/α-hetero) is 2. The molecule has 0 saturated carbocycles. The monoisotopic (exact) mass is 428 g/mol. The molecule has 0 bridgehead atoms. The number of carbonyl (C=O) groups excluding carboxylic acids is 2. The van der Waals surface area contributed by atoms with Crippen molar-refractivity contribution in [3.8, 4) is 5.69 Å². The van der Waals surface area contributed by atoms with Gasteiger partial charge in [0.25, 0.3) is 0 Å². The number of rotatable bonds is 1. The van der Waals surface area contributed by atoms with Crippen molar-refractivity contribution in [3.05, 3.63) is 86.7 Å². The standard InChI is InChI=1S/C24H20N4O4/c1-23(2)12-17-19(18(29)13-23)24(20(30)15-10-6-7-11-16(15)25-24)28-22(32)26(21(31)27(17)28)14-8-4-3-5-9-14/h3-11,25H,12-13H2,1-2H3. The number of hydrogen-bond acceptors (Lipinski definition) is 5. The van der Waals surface area contributed by atoms with Crippen LogP contribution in [0.15, 0.2) is 69.8 Å². The summed E-state index contributed by atoms with van der Waals surface area (Å²) in [6, 6.07) is 15.5. The lowest BCUT2D eigenvalue weighted by molar-refractivity contribution is -0.118. The largest absolute Gasteiger partial charge is 0.356 e. The molecule has 0 amide bonds. The third-order valence-corrected chi connectivity index (χ3v) is 6.56. The summed E-state index contributed by atoms with van der Waals surface area (Å²) < 4.78 is 3.43. The summed E-state index contributed by atoms with van der Waals surface area (Å²) in [5, 5.41) is 3.17. The first-order valence-corrected chi connectivity index (χ1v) is 10.5. The van der Waals surface area contributed by atoms with E-state index in [1.54, 1.807) is 54.6 Å². The van der Waals surface area contributed by atoms with Crippen LogP contribution in [-0.4, -0.2) is 25.5 Å². The van der Waals surface area contributed by atoms with E-state index in [-0.39, 0.29) is 17.8 Å². The number of carbonyl (C=O) groups is 2. The number of nitrogens with zero attached hydrogens (tertiary/aromatic N) is 3. The van der Waals surface area contributed by atoms with Crippen LogP contribution in [0.1, 0.15) is 37.0 Å². The van der Waals surface area contributed by atoms with E-state index in [0.717, 1.165) is 9.25 Å². The number of nitrogens with one attached hydrogen (secondary N) is 1. The van der Waals surface area contributed by atoms with Gasteiger partial charge in [0.2, 0.25) is 11.4 Å². The molecule has 8 heteroatoms. The van der Waals surface area contributed by atoms with Crippen LogP contribution < -0.4 is 16.7 Å². The Hall–Kier alpha value is -3.94. The van der Waals surface area contributed by atoms with E-state index >= 15 is 0 Å². The fraction of sp³-hybridized carbons (Fsp3) is 0.250. The van der Waals surface area contributed by atoms with Gasteiger partial charge in [0.15, 0.2) is 5.78 Å². The maximum atomic E-state index is 13.8. The normalized spacial score (nSPS) is 22.7. The molecule has 2 aromatic carbocycles. The van der Waals surface area contributed by atoms with Gasteiger partial charge in [-0.05, 0) is 36.1 Å². The average Bonchev–Trinajstić information content (AvgIpc) is 3.30. The van der Waals surface area contributed by atoms with Crippen LogP contribution in [0.2, 0.25) is 0 Å². The number of para-hydroxylation sites is 2. The Labute approximate surface area is 182 Å². The Morgan fingerprint density at radius 3 is 2.25 bits per heavy atom. The van der Waals surface area contributed by atoms with Crippen molar-refractivity contribution >= 4 is 23.0 Å². The summed E-state index contributed by atoms with van der Waals surface area (Å²) in [5.41, 5.74) is -1.51. The summed E-state index contributed by atoms with van der Waals surface area (Å²) in [5.74, 6) is -0.640. The maximum Gasteiger partial charge on any atom is 0.356 e. The summed E-state index contributed by atoms with van der Waals surface area (Å²) in [6.07, 6.45) is 0.616. The number of hydrogen-bond donors (Lipinski definition) is 1. The first-order valence-electron chi connectivity index (χ1n) is 10.5. The van der Waals surface area contributed by atoms with Crippen molar-refractivity contribution in [2.75, 3.05) is 5.32 Å². The van der Waals surface area contributed by atoms with E-state index in [4.69, 9.17) is 0 Å². The minimum absolute atomic E-state index is 0.201. The molecule has 3 aliphatic rings. The molecule has 1 unspecified atom stereocenters. The predicted octanol–water partition coefficient (Wildman–Crippen LogP) is 2.38. The summed E-state index contributed by atoms with van der Waals surface area (Å²) >= 11 is 0. The van der Waals surface area contributed by atoms with E-state index in [2.05, 4.69) is 5.32 Å². The molecule has 1 aliphatic carbocycles. The molecule has 0 saturated heterocycles. The molecule has 32 heavy (non-hydrogen) atoms. The van der Waals surface area contributed by atoms with Crippen molar-refractivity contribution < 1.29 is 9.59 Å². The molecule has 1 spiro atoms. The number of anilines is 1. The number of benzene rings is 2. The zero-order chi connectivity index (χ0) is 22.4. The van der Waals surface area contributed by atoms with Gasteiger partial charge in [0.1, 0.15) is 0 Å². The SMILES string of the molecule is CC1(C)CC(=O)C2=C(C1)n1c(=O)n(-c3ccccc3)c(=O)n1C21Nc2ccccc2C1=O. The van der Waals surface area contributed by atoms with Crippen molar-refractivity contribution in [2.24, 2.45) is 5.41 Å². The molecule has 8 nitrogen and oxygen atoms in total. The molecule has 6 rings (SSSR count). The fourth-order valence-electron chi connectivity index (χ4n) is 5.32. The van der Waals surface area contributed by atoms with Gasteiger partial charge in [0, 0.05) is 17.7 Å². The van der Waals surface area contributed by atoms with Crippen molar-refractivity contribution in [1.82, 2.24) is 13.9 Å². The zero-order valence-electron chi connectivity index (χ0n) is 17.6. The summed E-state index contributed by atoms with van der Waals surface area (Å²) in [4.78, 5) is 54.5. The van der Waals surface area contributed by atoms with Gasteiger partial charge in [-0.2, -0.15) is 9.36 Å². The van der Waals surface area contributed by atoms with Crippen LogP contribution in [0, 0.1) is 5.41 Å². The zero-order valence-corrected chi connectivity index (χ0v) is 17.6. The number of allylic oxidation sites excluding steroid dienone is 1. The quantitative estimate of drug-likeness (QED) is 0.642. The number of ketones is 2.